The van der Waals surface area contributed by atoms with Crippen LogP contribution in [0.2, 0.25) is 0 Å². The lowest BCUT2D eigenvalue weighted by Gasteiger charge is -2.12. The van der Waals surface area contributed by atoms with Gasteiger partial charge in [0.05, 0.1) is 0 Å². The monoisotopic (exact) mass is 1760 g/mol. The number of rotatable bonds is 9. The Kier molecular flexibility index (Phi) is 18.6. The Hall–Kier alpha value is -18.2. The predicted octanol–water partition coefficient (Wildman–Crippen LogP) is 33.5. The van der Waals surface area contributed by atoms with Crippen LogP contribution in [0.15, 0.2) is 452 Å². The molecule has 12 heteroatoms. The zero-order valence-corrected chi connectivity index (χ0v) is 74.2. The molecule has 0 spiro atoms. The zero-order chi connectivity index (χ0) is 90.1. The van der Waals surface area contributed by atoms with Gasteiger partial charge in [0.25, 0.3) is 0 Å². The number of hydrogen-bond acceptors (Lipinski definition) is 12. The highest BCUT2D eigenvalue weighted by molar-refractivity contribution is 7.25. The van der Waals surface area contributed by atoms with Gasteiger partial charge in [-0.15, -0.1) is 11.3 Å². The molecule has 0 fully saturated rings. The van der Waals surface area contributed by atoms with E-state index < -0.39 is 0 Å². The molecule has 0 N–H and O–H groups in total. The average molecular weight is 1770 g/mol. The Balaban J connectivity index is 0.000000104. The van der Waals surface area contributed by atoms with Gasteiger partial charge in [0, 0.05) is 91.8 Å². The van der Waals surface area contributed by atoms with Gasteiger partial charge in [-0.25, -0.2) is 44.9 Å². The maximum absolute atomic E-state index is 6.24. The van der Waals surface area contributed by atoms with Crippen molar-refractivity contribution < 1.29 is 8.83 Å². The van der Waals surface area contributed by atoms with Crippen LogP contribution in [0.3, 0.4) is 0 Å². The van der Waals surface area contributed by atoms with Crippen molar-refractivity contribution in [1.29, 1.82) is 0 Å². The quantitative estimate of drug-likeness (QED) is 0.127. The van der Waals surface area contributed by atoms with E-state index in [-0.39, 0.29) is 0 Å². The van der Waals surface area contributed by atoms with Crippen LogP contribution >= 0.6 is 11.3 Å². The van der Waals surface area contributed by atoms with E-state index in [9.17, 15) is 0 Å². The molecule has 0 bridgehead atoms. The van der Waals surface area contributed by atoms with Gasteiger partial charge in [-0.3, -0.25) is 0 Å². The molecule has 0 atom stereocenters. The van der Waals surface area contributed by atoms with Crippen LogP contribution in [0, 0.1) is 0 Å². The second kappa shape index (κ2) is 32.4. The van der Waals surface area contributed by atoms with Crippen LogP contribution in [0.5, 0.6) is 0 Å². The fourth-order valence-corrected chi connectivity index (χ4v) is 21.3. The Morgan fingerprint density at radius 3 is 0.803 bits per heavy atom. The van der Waals surface area contributed by atoms with E-state index in [2.05, 4.69) is 352 Å². The van der Waals surface area contributed by atoms with Crippen molar-refractivity contribution in [2.24, 2.45) is 0 Å². The summed E-state index contributed by atoms with van der Waals surface area (Å²) in [5.74, 6) is 5.74. The number of aromatic nitrogens is 9. The van der Waals surface area contributed by atoms with Crippen molar-refractivity contribution in [3.8, 4) is 102 Å². The molecule has 6 aromatic heterocycles. The van der Waals surface area contributed by atoms with Gasteiger partial charge < -0.3 is 8.83 Å². The third kappa shape index (κ3) is 13.8. The van der Waals surface area contributed by atoms with Crippen molar-refractivity contribution in [3.63, 3.8) is 0 Å². The summed E-state index contributed by atoms with van der Waals surface area (Å²) in [5.41, 5.74) is 11.8. The van der Waals surface area contributed by atoms with Gasteiger partial charge in [-0.1, -0.05) is 364 Å². The van der Waals surface area contributed by atoms with Crippen molar-refractivity contribution in [1.82, 2.24) is 44.9 Å². The molecule has 0 aliphatic rings. The zero-order valence-electron chi connectivity index (χ0n) is 73.4. The van der Waals surface area contributed by atoms with Gasteiger partial charge in [-0.2, -0.15) is 0 Å². The summed E-state index contributed by atoms with van der Waals surface area (Å²) in [6.07, 6.45) is 0. The number of hydrogen-bond donors (Lipinski definition) is 0. The van der Waals surface area contributed by atoms with Gasteiger partial charge in [0.15, 0.2) is 52.4 Å². The lowest BCUT2D eigenvalue weighted by Crippen LogP contribution is -2.00. The first-order valence-corrected chi connectivity index (χ1v) is 46.7. The molecular weight excluding hydrogens is 1690 g/mol. The van der Waals surface area contributed by atoms with Crippen LogP contribution in [-0.2, 0) is 0 Å². The Morgan fingerprint density at radius 2 is 0.401 bits per heavy atom. The molecule has 0 unspecified atom stereocenters. The highest BCUT2D eigenvalue weighted by atomic mass is 32.1. The SMILES string of the molecule is c1ccc(-c2nc(-c3ccc4ccc5c6ccccc6ccc5c4c3)nc(-c3cccc4oc5ccccc5c34)n2)cc1.c1ccc2cc(-c3nc(-c4ccc5ccc6c7ccccc7ccc6c5c4)nc(-c4ccc5sc6ccccc6c5c4)n3)ccc2c1.c1ccc2cc(-c3nc(-c4ccc5ccc6c7ccccc7ccc6c5c4)nc(-c4cccc5oc6ccccc6c45)n3)ccc2c1. The van der Waals surface area contributed by atoms with Crippen LogP contribution in [0.25, 0.3) is 285 Å². The summed E-state index contributed by atoms with van der Waals surface area (Å²) < 4.78 is 15.0. The lowest BCUT2D eigenvalue weighted by molar-refractivity contribution is 0.668. The van der Waals surface area contributed by atoms with E-state index in [1.54, 1.807) is 0 Å². The molecule has 0 aliphatic heterocycles. The number of nitrogens with zero attached hydrogens (tertiary/aromatic N) is 9. The Bertz CT molecular complexity index is 10100. The van der Waals surface area contributed by atoms with Crippen molar-refractivity contribution in [2.45, 2.75) is 0 Å². The van der Waals surface area contributed by atoms with Crippen molar-refractivity contribution >= 4 is 194 Å². The average Bonchev–Trinajstić information content (AvgIpc) is 1.75. The summed E-state index contributed by atoms with van der Waals surface area (Å²) in [6, 6.07) is 155. The van der Waals surface area contributed by atoms with Gasteiger partial charge in [0.2, 0.25) is 0 Å². The first-order chi connectivity index (χ1) is 67.8. The first-order valence-electron chi connectivity index (χ1n) is 45.9. The first kappa shape index (κ1) is 78.6. The van der Waals surface area contributed by atoms with E-state index >= 15 is 0 Å². The fraction of sp³-hybridized carbons (Fsp3) is 0. The van der Waals surface area contributed by atoms with E-state index in [0.29, 0.717) is 52.4 Å². The smallest absolute Gasteiger partial charge is 0.164 e. The molecule has 0 saturated carbocycles. The number of furan rings is 2. The minimum absolute atomic E-state index is 0.610. The molecule has 0 saturated heterocycles. The Labute approximate surface area is 787 Å². The van der Waals surface area contributed by atoms with Gasteiger partial charge >= 0.3 is 0 Å². The maximum Gasteiger partial charge on any atom is 0.164 e. The minimum atomic E-state index is 0.610. The summed E-state index contributed by atoms with van der Waals surface area (Å²) in [5, 5.41) is 33.1. The number of fused-ring (bicyclic) bond motifs is 26. The highest BCUT2D eigenvalue weighted by Crippen LogP contribution is 2.45. The number of thiophene rings is 1. The number of para-hydroxylation sites is 2. The predicted molar refractivity (Wildman–Crippen MR) is 568 cm³/mol. The topological polar surface area (TPSA) is 142 Å². The van der Waals surface area contributed by atoms with Crippen LogP contribution < -0.4 is 0 Å². The van der Waals surface area contributed by atoms with Crippen molar-refractivity contribution in [3.05, 3.63) is 443 Å². The second-order valence-electron chi connectivity index (χ2n) is 34.9. The summed E-state index contributed by atoms with van der Waals surface area (Å²) in [6.45, 7) is 0. The molecule has 29 rings (SSSR count). The molecule has 0 amide bonds. The second-order valence-corrected chi connectivity index (χ2v) is 36.0. The fourth-order valence-electron chi connectivity index (χ4n) is 20.2. The molecule has 137 heavy (non-hydrogen) atoms. The van der Waals surface area contributed by atoms with Crippen molar-refractivity contribution in [2.75, 3.05) is 0 Å². The van der Waals surface area contributed by atoms with E-state index in [1.165, 1.54) is 128 Å². The molecule has 11 nitrogen and oxygen atoms in total. The molecule has 23 aromatic carbocycles. The number of benzene rings is 23. The Morgan fingerprint density at radius 1 is 0.139 bits per heavy atom. The lowest BCUT2D eigenvalue weighted by atomic mass is 9.96. The molecule has 0 aliphatic carbocycles. The third-order valence-corrected chi connectivity index (χ3v) is 28.0. The highest BCUT2D eigenvalue weighted by Gasteiger charge is 2.24. The third-order valence-electron chi connectivity index (χ3n) is 26.9. The molecular formula is C125H73N9O2S. The van der Waals surface area contributed by atoms with Gasteiger partial charge in [0.1, 0.15) is 22.3 Å². The summed E-state index contributed by atoms with van der Waals surface area (Å²) >= 11 is 1.82. The van der Waals surface area contributed by atoms with E-state index in [1.807, 2.05) is 102 Å². The standard InChI is InChI=1S/C43H25N3O.C43H25N3S.C39H23N3O/c1-2-10-29-24-30(18-16-26(29)8-1)41-44-42(46-43(45-41)36-13-7-15-39-40(36)35-12-5-6-14-38(35)47-39)31-19-17-28-21-22-33-32-11-4-3-9-27(32)20-23-34(33)37(28)25-31;1-2-9-29-23-30(15-13-26(29)7-1)41-44-42(46-43(45-41)32-19-22-40-38(25-32)36-11-5-6-12-39(36)47-40)31-16-14-28-18-20-34-33-10-4-3-8-27(33)17-21-35(34)37(28)24-31;1-2-10-26(11-3-1)37-40-38(42-39(41-37)32-14-8-16-35-36(32)31-13-6-7-15-34(31)43-35)27-18-17-25-20-21-29-28-12-5-4-9-24(28)19-22-30(29)33(25)23-27/h2*1-25H;1-23H. The molecule has 29 aromatic rings. The largest absolute Gasteiger partial charge is 0.456 e. The molecule has 0 radical (unpaired) electrons. The maximum atomic E-state index is 6.24. The van der Waals surface area contributed by atoms with Crippen LogP contribution in [-0.4, -0.2) is 44.9 Å². The summed E-state index contributed by atoms with van der Waals surface area (Å²) in [4.78, 5) is 46.0. The normalized spacial score (nSPS) is 11.8. The summed E-state index contributed by atoms with van der Waals surface area (Å²) in [7, 11) is 0. The minimum Gasteiger partial charge on any atom is -0.456 e. The van der Waals surface area contributed by atoms with Crippen LogP contribution in [0.4, 0.5) is 0 Å². The van der Waals surface area contributed by atoms with E-state index in [0.717, 1.165) is 105 Å². The van der Waals surface area contributed by atoms with Crippen LogP contribution in [0.1, 0.15) is 0 Å². The molecule has 636 valence electrons. The van der Waals surface area contributed by atoms with Gasteiger partial charge in [-0.05, 0) is 197 Å². The molecule has 6 heterocycles. The van der Waals surface area contributed by atoms with E-state index in [4.69, 9.17) is 53.7 Å².